The molecule has 1 amide bonds. The molecule has 0 bridgehead atoms. The van der Waals surface area contributed by atoms with Gasteiger partial charge in [0.1, 0.15) is 6.23 Å². The normalized spacial score (nSPS) is 10.4. The lowest BCUT2D eigenvalue weighted by Gasteiger charge is -2.01. The lowest BCUT2D eigenvalue weighted by molar-refractivity contribution is -0.118. The Hall–Kier alpha value is -0.830. The van der Waals surface area contributed by atoms with E-state index >= 15 is 0 Å². The van der Waals surface area contributed by atoms with E-state index in [1.807, 2.05) is 13.8 Å². The van der Waals surface area contributed by atoms with Crippen LogP contribution in [0.15, 0.2) is 12.7 Å². The van der Waals surface area contributed by atoms with E-state index in [2.05, 4.69) is 11.9 Å². The molecule has 60 valence electrons. The zero-order valence-corrected chi connectivity index (χ0v) is 6.72. The average Bonchev–Trinajstić information content (AvgIpc) is 1.91. The number of hydrogen-bond acceptors (Lipinski definition) is 2. The number of hydrogen-bond donors (Lipinski definition) is 2. The van der Waals surface area contributed by atoms with Gasteiger partial charge in [0.2, 0.25) is 5.91 Å². The molecular formula is C7H15NO2. The highest BCUT2D eigenvalue weighted by atomic mass is 16.3. The maximum Gasteiger partial charge on any atom is 0.245 e. The lowest BCUT2D eigenvalue weighted by atomic mass is 10.5. The molecule has 2 N–H and O–H groups in total. The summed E-state index contributed by atoms with van der Waals surface area (Å²) in [5.74, 6) is -0.361. The lowest BCUT2D eigenvalue weighted by Crippen LogP contribution is -2.30. The smallest absolute Gasteiger partial charge is 0.245 e. The van der Waals surface area contributed by atoms with Gasteiger partial charge in [-0.2, -0.15) is 0 Å². The second-order valence-corrected chi connectivity index (χ2v) is 1.39. The van der Waals surface area contributed by atoms with Crippen LogP contribution in [-0.4, -0.2) is 17.2 Å². The maximum absolute atomic E-state index is 10.2. The summed E-state index contributed by atoms with van der Waals surface area (Å²) in [7, 11) is 0. The number of aliphatic hydroxyl groups is 1. The Labute approximate surface area is 61.8 Å². The quantitative estimate of drug-likeness (QED) is 0.443. The first-order valence-electron chi connectivity index (χ1n) is 3.28. The minimum Gasteiger partial charge on any atom is -0.374 e. The van der Waals surface area contributed by atoms with Crippen molar-refractivity contribution in [3.05, 3.63) is 12.7 Å². The van der Waals surface area contributed by atoms with E-state index in [9.17, 15) is 4.79 Å². The Morgan fingerprint density at radius 3 is 2.20 bits per heavy atom. The Kier molecular flexibility index (Phi) is 9.73. The first-order valence-corrected chi connectivity index (χ1v) is 3.28. The summed E-state index contributed by atoms with van der Waals surface area (Å²) in [6, 6.07) is 0. The largest absolute Gasteiger partial charge is 0.374 e. The molecule has 1 unspecified atom stereocenters. The molecule has 0 aromatic heterocycles. The van der Waals surface area contributed by atoms with Gasteiger partial charge in [0.05, 0.1) is 0 Å². The van der Waals surface area contributed by atoms with Gasteiger partial charge in [-0.25, -0.2) is 0 Å². The van der Waals surface area contributed by atoms with E-state index < -0.39 is 6.23 Å². The number of rotatable bonds is 2. The van der Waals surface area contributed by atoms with Crippen molar-refractivity contribution < 1.29 is 9.90 Å². The number of carbonyl (C=O) groups excluding carboxylic acids is 1. The highest BCUT2D eigenvalue weighted by Gasteiger charge is 1.95. The van der Waals surface area contributed by atoms with E-state index in [-0.39, 0.29) is 5.91 Å². The van der Waals surface area contributed by atoms with Crippen LogP contribution in [-0.2, 0) is 4.79 Å². The van der Waals surface area contributed by atoms with E-state index in [1.165, 1.54) is 6.92 Å². The van der Waals surface area contributed by atoms with Gasteiger partial charge < -0.3 is 10.4 Å². The van der Waals surface area contributed by atoms with Gasteiger partial charge in [-0.1, -0.05) is 20.4 Å². The van der Waals surface area contributed by atoms with Gasteiger partial charge in [0.15, 0.2) is 0 Å². The second-order valence-electron chi connectivity index (χ2n) is 1.39. The predicted molar refractivity (Wildman–Crippen MR) is 41.4 cm³/mol. The van der Waals surface area contributed by atoms with Crippen LogP contribution >= 0.6 is 0 Å². The van der Waals surface area contributed by atoms with Gasteiger partial charge in [-0.15, -0.1) is 0 Å². The summed E-state index contributed by atoms with van der Waals surface area (Å²) in [6.45, 7) is 8.65. The molecule has 1 atom stereocenters. The maximum atomic E-state index is 10.2. The summed E-state index contributed by atoms with van der Waals surface area (Å²) >= 11 is 0. The fourth-order valence-corrected chi connectivity index (χ4v) is 0.265. The van der Waals surface area contributed by atoms with Gasteiger partial charge in [0, 0.05) is 0 Å². The standard InChI is InChI=1S/C5H9NO2.C2H6/c1-3-5(8)6-4(2)7;1-2/h3-4,7H,1H2,2H3,(H,6,8);1-2H3. The Balaban J connectivity index is 0. The molecule has 0 aliphatic heterocycles. The topological polar surface area (TPSA) is 49.3 Å². The molecule has 0 rings (SSSR count). The van der Waals surface area contributed by atoms with E-state index in [4.69, 9.17) is 5.11 Å². The number of amides is 1. The van der Waals surface area contributed by atoms with Gasteiger partial charge in [-0.05, 0) is 13.0 Å². The molecule has 3 heteroatoms. The van der Waals surface area contributed by atoms with Crippen molar-refractivity contribution in [1.29, 1.82) is 0 Å². The molecule has 10 heavy (non-hydrogen) atoms. The monoisotopic (exact) mass is 145 g/mol. The van der Waals surface area contributed by atoms with Crippen LogP contribution in [0.3, 0.4) is 0 Å². The van der Waals surface area contributed by atoms with Gasteiger partial charge in [0.25, 0.3) is 0 Å². The molecule has 0 aromatic rings. The summed E-state index contributed by atoms with van der Waals surface area (Å²) < 4.78 is 0. The van der Waals surface area contributed by atoms with Crippen molar-refractivity contribution in [1.82, 2.24) is 5.32 Å². The van der Waals surface area contributed by atoms with Crippen LogP contribution in [0.25, 0.3) is 0 Å². The van der Waals surface area contributed by atoms with Crippen molar-refractivity contribution in [2.24, 2.45) is 0 Å². The first-order chi connectivity index (χ1) is 4.66. The second kappa shape index (κ2) is 8.17. The zero-order valence-electron chi connectivity index (χ0n) is 6.72. The first kappa shape index (κ1) is 11.9. The minimum atomic E-state index is -0.791. The van der Waals surface area contributed by atoms with Crippen LogP contribution in [0.2, 0.25) is 0 Å². The summed E-state index contributed by atoms with van der Waals surface area (Å²) in [5.41, 5.74) is 0. The van der Waals surface area contributed by atoms with Crippen LogP contribution in [0, 0.1) is 0 Å². The highest BCUT2D eigenvalue weighted by Crippen LogP contribution is 1.71. The van der Waals surface area contributed by atoms with Crippen molar-refractivity contribution in [3.63, 3.8) is 0 Å². The summed E-state index contributed by atoms with van der Waals surface area (Å²) in [4.78, 5) is 10.2. The van der Waals surface area contributed by atoms with Crippen LogP contribution in [0.1, 0.15) is 20.8 Å². The molecule has 0 saturated heterocycles. The van der Waals surface area contributed by atoms with E-state index in [0.717, 1.165) is 6.08 Å². The highest BCUT2D eigenvalue weighted by molar-refractivity contribution is 5.86. The molecule has 0 aliphatic rings. The molecule has 0 aromatic carbocycles. The Morgan fingerprint density at radius 1 is 1.70 bits per heavy atom. The molecular weight excluding hydrogens is 130 g/mol. The number of carbonyl (C=O) groups is 1. The minimum absolute atomic E-state index is 0.361. The molecule has 0 saturated carbocycles. The Morgan fingerprint density at radius 2 is 2.10 bits per heavy atom. The fraction of sp³-hybridized carbons (Fsp3) is 0.571. The molecule has 0 heterocycles. The fourth-order valence-electron chi connectivity index (χ4n) is 0.265. The molecule has 0 radical (unpaired) electrons. The Bertz CT molecular complexity index is 99.8. The van der Waals surface area contributed by atoms with Crippen molar-refractivity contribution in [3.8, 4) is 0 Å². The van der Waals surface area contributed by atoms with Crippen molar-refractivity contribution in [2.45, 2.75) is 27.0 Å². The van der Waals surface area contributed by atoms with Crippen LogP contribution in [0.4, 0.5) is 0 Å². The number of aliphatic hydroxyl groups excluding tert-OH is 1. The van der Waals surface area contributed by atoms with Crippen molar-refractivity contribution >= 4 is 5.91 Å². The molecule has 0 spiro atoms. The summed E-state index contributed by atoms with van der Waals surface area (Å²) in [5, 5.41) is 10.7. The molecule has 0 fully saturated rings. The van der Waals surface area contributed by atoms with Crippen molar-refractivity contribution in [2.75, 3.05) is 0 Å². The van der Waals surface area contributed by atoms with Gasteiger partial charge in [-0.3, -0.25) is 4.79 Å². The van der Waals surface area contributed by atoms with E-state index in [1.54, 1.807) is 0 Å². The molecule has 3 nitrogen and oxygen atoms in total. The zero-order chi connectivity index (χ0) is 8.57. The van der Waals surface area contributed by atoms with E-state index in [0.29, 0.717) is 0 Å². The average molecular weight is 145 g/mol. The van der Waals surface area contributed by atoms with Crippen LogP contribution < -0.4 is 5.32 Å². The third kappa shape index (κ3) is 10.2. The predicted octanol–water partition coefficient (Wildman–Crippen LogP) is 0.653. The molecule has 0 aliphatic carbocycles. The third-order valence-corrected chi connectivity index (χ3v) is 0.537. The SMILES string of the molecule is C=CC(=O)NC(C)O.CC. The van der Waals surface area contributed by atoms with Crippen LogP contribution in [0.5, 0.6) is 0 Å². The summed E-state index contributed by atoms with van der Waals surface area (Å²) in [6.07, 6.45) is 0.313. The number of nitrogens with one attached hydrogen (secondary N) is 1. The third-order valence-electron chi connectivity index (χ3n) is 0.537. The van der Waals surface area contributed by atoms with Gasteiger partial charge >= 0.3 is 0 Å².